The van der Waals surface area contributed by atoms with E-state index in [9.17, 15) is 0 Å². The van der Waals surface area contributed by atoms with Crippen molar-refractivity contribution in [2.75, 3.05) is 0 Å². The number of pyridine rings is 3. The molecule has 9 aromatic rings. The topological polar surface area (TPSA) is 38.7 Å². The number of aromatic nitrogens is 3. The second-order valence-electron chi connectivity index (χ2n) is 11.7. The zero-order chi connectivity index (χ0) is 30.5. The molecular formula is C43H27N3. The summed E-state index contributed by atoms with van der Waals surface area (Å²) in [7, 11) is 0. The van der Waals surface area contributed by atoms with Gasteiger partial charge in [0, 0.05) is 32.8 Å². The van der Waals surface area contributed by atoms with Crippen LogP contribution in [0.25, 0.3) is 88.4 Å². The maximum atomic E-state index is 5.21. The summed E-state index contributed by atoms with van der Waals surface area (Å²) < 4.78 is 0. The molecule has 0 saturated carbocycles. The van der Waals surface area contributed by atoms with Crippen LogP contribution < -0.4 is 0 Å². The van der Waals surface area contributed by atoms with Crippen LogP contribution >= 0.6 is 0 Å². The second kappa shape index (κ2) is 10.8. The van der Waals surface area contributed by atoms with E-state index >= 15 is 0 Å². The zero-order valence-electron chi connectivity index (χ0n) is 24.9. The summed E-state index contributed by atoms with van der Waals surface area (Å²) in [6.45, 7) is 0. The van der Waals surface area contributed by atoms with Crippen LogP contribution in [-0.2, 0) is 0 Å². The van der Waals surface area contributed by atoms with Crippen molar-refractivity contribution in [1.29, 1.82) is 0 Å². The van der Waals surface area contributed by atoms with Crippen molar-refractivity contribution in [2.45, 2.75) is 0 Å². The van der Waals surface area contributed by atoms with Crippen LogP contribution in [0.1, 0.15) is 0 Å². The quantitative estimate of drug-likeness (QED) is 0.193. The van der Waals surface area contributed by atoms with Crippen molar-refractivity contribution >= 4 is 43.5 Å². The summed E-state index contributed by atoms with van der Waals surface area (Å²) in [5.74, 6) is 0. The fourth-order valence-corrected chi connectivity index (χ4v) is 6.53. The summed E-state index contributed by atoms with van der Waals surface area (Å²) in [5, 5.41) is 5.64. The maximum Gasteiger partial charge on any atom is 0.0972 e. The number of benzene rings is 6. The fourth-order valence-electron chi connectivity index (χ4n) is 6.53. The van der Waals surface area contributed by atoms with Crippen LogP contribution in [0.3, 0.4) is 0 Å². The van der Waals surface area contributed by atoms with Gasteiger partial charge in [-0.3, -0.25) is 0 Å². The molecule has 0 bridgehead atoms. The first-order valence-corrected chi connectivity index (χ1v) is 15.5. The molecule has 0 saturated heterocycles. The van der Waals surface area contributed by atoms with E-state index in [1.807, 2.05) is 24.3 Å². The van der Waals surface area contributed by atoms with Gasteiger partial charge in [0.05, 0.1) is 33.6 Å². The molecule has 0 aliphatic heterocycles. The lowest BCUT2D eigenvalue weighted by Crippen LogP contribution is -1.92. The van der Waals surface area contributed by atoms with Gasteiger partial charge >= 0.3 is 0 Å². The van der Waals surface area contributed by atoms with Crippen molar-refractivity contribution < 1.29 is 0 Å². The number of fused-ring (bicyclic) bond motifs is 6. The first kappa shape index (κ1) is 26.2. The minimum absolute atomic E-state index is 0.912. The lowest BCUT2D eigenvalue weighted by atomic mass is 9.93. The van der Waals surface area contributed by atoms with E-state index in [4.69, 9.17) is 15.0 Å². The van der Waals surface area contributed by atoms with Crippen molar-refractivity contribution in [3.63, 3.8) is 0 Å². The highest BCUT2D eigenvalue weighted by Crippen LogP contribution is 2.38. The molecule has 6 aromatic carbocycles. The Morgan fingerprint density at radius 2 is 0.848 bits per heavy atom. The van der Waals surface area contributed by atoms with Crippen LogP contribution in [0.15, 0.2) is 164 Å². The number of rotatable bonds is 4. The molecule has 3 heterocycles. The average Bonchev–Trinajstić information content (AvgIpc) is 3.14. The highest BCUT2D eigenvalue weighted by Gasteiger charge is 2.14. The van der Waals surface area contributed by atoms with Gasteiger partial charge in [-0.1, -0.05) is 133 Å². The van der Waals surface area contributed by atoms with Gasteiger partial charge in [-0.05, 0) is 52.2 Å². The molecule has 3 nitrogen and oxygen atoms in total. The Kier molecular flexibility index (Phi) is 6.14. The van der Waals surface area contributed by atoms with Crippen molar-refractivity contribution in [3.05, 3.63) is 164 Å². The molecule has 0 atom stereocenters. The Bertz CT molecular complexity index is 2560. The van der Waals surface area contributed by atoms with Gasteiger partial charge in [0.2, 0.25) is 0 Å². The van der Waals surface area contributed by atoms with E-state index in [-0.39, 0.29) is 0 Å². The summed E-state index contributed by atoms with van der Waals surface area (Å²) in [4.78, 5) is 15.4. The van der Waals surface area contributed by atoms with Gasteiger partial charge < -0.3 is 0 Å². The van der Waals surface area contributed by atoms with Gasteiger partial charge in [-0.15, -0.1) is 0 Å². The predicted molar refractivity (Wildman–Crippen MR) is 192 cm³/mol. The van der Waals surface area contributed by atoms with E-state index in [0.29, 0.717) is 0 Å². The Hall–Kier alpha value is -6.19. The van der Waals surface area contributed by atoms with Gasteiger partial charge in [-0.2, -0.15) is 0 Å². The van der Waals surface area contributed by atoms with E-state index in [2.05, 4.69) is 140 Å². The molecule has 0 N–H and O–H groups in total. The average molecular weight is 586 g/mol. The van der Waals surface area contributed by atoms with Gasteiger partial charge in [-0.25, -0.2) is 15.0 Å². The van der Waals surface area contributed by atoms with Gasteiger partial charge in [0.25, 0.3) is 0 Å². The summed E-state index contributed by atoms with van der Waals surface area (Å²) >= 11 is 0. The third-order valence-electron chi connectivity index (χ3n) is 8.83. The minimum Gasteiger partial charge on any atom is -0.248 e. The van der Waals surface area contributed by atoms with Gasteiger partial charge in [0.1, 0.15) is 0 Å². The Morgan fingerprint density at radius 1 is 0.326 bits per heavy atom. The molecule has 3 aromatic heterocycles. The Morgan fingerprint density at radius 3 is 1.48 bits per heavy atom. The predicted octanol–water partition coefficient (Wildman–Crippen LogP) is 11.2. The Labute approximate surface area is 266 Å². The molecule has 0 aliphatic rings. The molecule has 0 spiro atoms. The molecule has 3 heteroatoms. The molecule has 214 valence electrons. The molecule has 0 unspecified atom stereocenters. The number of hydrogen-bond acceptors (Lipinski definition) is 3. The molecule has 0 amide bonds. The van der Waals surface area contributed by atoms with Crippen LogP contribution in [0.2, 0.25) is 0 Å². The minimum atomic E-state index is 0.912. The SMILES string of the molecule is c1ccc(-c2cc(-c3ccccc3)c3c(ccc4cc(-c5ccc6ccc7ccc(-c8ccccc8)nc7c6n5)ccc43)n2)cc1. The number of hydrogen-bond donors (Lipinski definition) is 0. The Balaban J connectivity index is 1.21. The molecule has 46 heavy (non-hydrogen) atoms. The van der Waals surface area contributed by atoms with Crippen LogP contribution in [0.4, 0.5) is 0 Å². The summed E-state index contributed by atoms with van der Waals surface area (Å²) in [6, 6.07) is 57.3. The smallest absolute Gasteiger partial charge is 0.0972 e. The fraction of sp³-hybridized carbons (Fsp3) is 0. The van der Waals surface area contributed by atoms with E-state index < -0.39 is 0 Å². The van der Waals surface area contributed by atoms with Crippen molar-refractivity contribution in [1.82, 2.24) is 15.0 Å². The molecule has 0 radical (unpaired) electrons. The van der Waals surface area contributed by atoms with Gasteiger partial charge in [0.15, 0.2) is 0 Å². The van der Waals surface area contributed by atoms with Crippen molar-refractivity contribution in [2.24, 2.45) is 0 Å². The van der Waals surface area contributed by atoms with Crippen LogP contribution in [-0.4, -0.2) is 15.0 Å². The molecular weight excluding hydrogens is 558 g/mol. The summed E-state index contributed by atoms with van der Waals surface area (Å²) in [6.07, 6.45) is 0. The second-order valence-corrected chi connectivity index (χ2v) is 11.7. The molecule has 0 aliphatic carbocycles. The maximum absolute atomic E-state index is 5.21. The number of nitrogens with zero attached hydrogens (tertiary/aromatic N) is 3. The standard InChI is InChI=1S/C43H27N3/c1-4-10-28(11-5-1)36-27-40(30-14-8-3-9-15-30)44-39-25-21-33-26-34(18-22-35(33)41(36)39)38-24-20-32-17-16-31-19-23-37(29-12-6-2-7-13-29)45-42(31)43(32)46-38/h1-27H. The van der Waals surface area contributed by atoms with Crippen LogP contribution in [0, 0.1) is 0 Å². The van der Waals surface area contributed by atoms with Crippen molar-refractivity contribution in [3.8, 4) is 44.9 Å². The largest absolute Gasteiger partial charge is 0.248 e. The zero-order valence-corrected chi connectivity index (χ0v) is 24.9. The first-order chi connectivity index (χ1) is 22.8. The van der Waals surface area contributed by atoms with E-state index in [1.165, 1.54) is 16.5 Å². The third-order valence-corrected chi connectivity index (χ3v) is 8.83. The van der Waals surface area contributed by atoms with E-state index in [0.717, 1.165) is 71.9 Å². The normalized spacial score (nSPS) is 11.5. The monoisotopic (exact) mass is 585 g/mol. The third kappa shape index (κ3) is 4.49. The van der Waals surface area contributed by atoms with E-state index in [1.54, 1.807) is 0 Å². The highest BCUT2D eigenvalue weighted by molar-refractivity contribution is 6.14. The summed E-state index contributed by atoms with van der Waals surface area (Å²) in [5.41, 5.74) is 11.3. The first-order valence-electron chi connectivity index (χ1n) is 15.5. The highest BCUT2D eigenvalue weighted by atomic mass is 14.8. The van der Waals surface area contributed by atoms with Crippen LogP contribution in [0.5, 0.6) is 0 Å². The lowest BCUT2D eigenvalue weighted by Gasteiger charge is -2.14. The lowest BCUT2D eigenvalue weighted by molar-refractivity contribution is 1.37. The molecule has 0 fully saturated rings. The molecule has 9 rings (SSSR count).